The number of methoxy groups -OCH3 is 2. The summed E-state index contributed by atoms with van der Waals surface area (Å²) in [4.78, 5) is 32.0. The number of carbonyl (C=O) groups is 1. The molecule has 4 aliphatic heterocycles. The Morgan fingerprint density at radius 3 is 2.02 bits per heavy atom. The smallest absolute Gasteiger partial charge is 0.257 e. The minimum Gasteiger partial charge on any atom is -0.493 e. The number of ether oxygens (including phenoxy) is 4. The van der Waals surface area contributed by atoms with Crippen molar-refractivity contribution in [3.63, 3.8) is 0 Å². The van der Waals surface area contributed by atoms with Crippen molar-refractivity contribution in [3.8, 4) is 23.0 Å². The van der Waals surface area contributed by atoms with Gasteiger partial charge in [-0.15, -0.1) is 0 Å². The number of aliphatic imine (C=N–C) groups is 2. The summed E-state index contributed by atoms with van der Waals surface area (Å²) in [6, 6.07) is 16.8. The number of fused-ring (bicyclic) bond motifs is 4. The number of aliphatic hydroxyl groups excluding tert-OH is 1. The van der Waals surface area contributed by atoms with E-state index in [4.69, 9.17) is 33.9 Å². The van der Waals surface area contributed by atoms with E-state index in [0.29, 0.717) is 76.4 Å². The summed E-state index contributed by atoms with van der Waals surface area (Å²) < 4.78 is 23.9. The van der Waals surface area contributed by atoms with Gasteiger partial charge in [-0.25, -0.2) is 0 Å². The van der Waals surface area contributed by atoms with E-state index in [1.807, 2.05) is 46.5 Å². The number of aromatic nitrogens is 1. The summed E-state index contributed by atoms with van der Waals surface area (Å²) in [5.41, 5.74) is 8.58. The Kier molecular flexibility index (Phi) is 9.98. The highest BCUT2D eigenvalue weighted by molar-refractivity contribution is 7.08. The standard InChI is InChI=1S/C43H39N5O6S2/c1-51-38-16-34-36(44-20-32-14-26(28-8-12-55-24-28)6-10-47(32)42(34)49)18-40(38)53-22-30-4-3-5-31(46-30)23-54-41-19-37-35(17-39(41)52-2)43(50)48-11-7-27(15-33(48)21-45-37)29-9-13-56-25-29/h3-9,12-13,16-21,24-25,32-33,42,49H,10-11,14-15,22-23H2,1-2H3/t32-,33-,42?/m0/s1. The zero-order valence-electron chi connectivity index (χ0n) is 30.8. The van der Waals surface area contributed by atoms with Crippen LogP contribution in [0, 0.1) is 0 Å². The number of hydrogen-bond donors (Lipinski definition) is 1. The number of benzene rings is 2. The highest BCUT2D eigenvalue weighted by Crippen LogP contribution is 2.43. The Hall–Kier alpha value is -5.60. The van der Waals surface area contributed by atoms with E-state index in [0.717, 1.165) is 6.42 Å². The van der Waals surface area contributed by atoms with Crippen LogP contribution in [0.15, 0.2) is 98.3 Å². The number of hydrogen-bond acceptors (Lipinski definition) is 12. The van der Waals surface area contributed by atoms with Crippen molar-refractivity contribution in [3.05, 3.63) is 122 Å². The van der Waals surface area contributed by atoms with Gasteiger partial charge in [0, 0.05) is 43.2 Å². The molecule has 9 rings (SSSR count). The van der Waals surface area contributed by atoms with E-state index in [2.05, 4.69) is 45.8 Å². The molecule has 2 aromatic carbocycles. The van der Waals surface area contributed by atoms with Gasteiger partial charge in [-0.1, -0.05) is 18.2 Å². The molecule has 284 valence electrons. The molecular formula is C43H39N5O6S2. The Morgan fingerprint density at radius 2 is 1.36 bits per heavy atom. The Balaban J connectivity index is 0.879. The second-order valence-electron chi connectivity index (χ2n) is 13.9. The average molecular weight is 786 g/mol. The Morgan fingerprint density at radius 1 is 0.750 bits per heavy atom. The summed E-state index contributed by atoms with van der Waals surface area (Å²) in [5.74, 6) is 1.80. The molecule has 1 amide bonds. The summed E-state index contributed by atoms with van der Waals surface area (Å²) in [5, 5.41) is 19.9. The van der Waals surface area contributed by atoms with Gasteiger partial charge in [0.05, 0.1) is 54.6 Å². The lowest BCUT2D eigenvalue weighted by molar-refractivity contribution is -0.00205. The molecule has 5 aromatic rings. The molecule has 1 N–H and O–H groups in total. The van der Waals surface area contributed by atoms with Gasteiger partial charge >= 0.3 is 0 Å². The highest BCUT2D eigenvalue weighted by atomic mass is 32.1. The molecule has 0 saturated carbocycles. The van der Waals surface area contributed by atoms with Gasteiger partial charge in [0.25, 0.3) is 5.91 Å². The fourth-order valence-electron chi connectivity index (χ4n) is 7.61. The molecule has 0 fully saturated rings. The largest absolute Gasteiger partial charge is 0.493 e. The summed E-state index contributed by atoms with van der Waals surface area (Å²) >= 11 is 3.34. The van der Waals surface area contributed by atoms with Crippen LogP contribution < -0.4 is 18.9 Å². The molecule has 0 radical (unpaired) electrons. The molecule has 7 heterocycles. The van der Waals surface area contributed by atoms with E-state index in [1.54, 1.807) is 55.1 Å². The molecule has 1 unspecified atom stereocenters. The normalized spacial score (nSPS) is 20.1. The second-order valence-corrected chi connectivity index (χ2v) is 15.4. The molecule has 3 aromatic heterocycles. The zero-order chi connectivity index (χ0) is 38.2. The molecule has 0 saturated heterocycles. The Labute approximate surface area is 332 Å². The minimum atomic E-state index is -0.853. The van der Waals surface area contributed by atoms with Crippen molar-refractivity contribution >= 4 is 63.5 Å². The van der Waals surface area contributed by atoms with Crippen LogP contribution in [0.5, 0.6) is 23.0 Å². The van der Waals surface area contributed by atoms with Gasteiger partial charge in [-0.3, -0.25) is 24.7 Å². The third-order valence-corrected chi connectivity index (χ3v) is 12.0. The van der Waals surface area contributed by atoms with Crippen molar-refractivity contribution in [2.24, 2.45) is 9.98 Å². The maximum absolute atomic E-state index is 13.7. The van der Waals surface area contributed by atoms with Crippen LogP contribution in [-0.4, -0.2) is 77.6 Å². The number of rotatable bonds is 10. The number of carbonyl (C=O) groups excluding carboxylic acids is 1. The summed E-state index contributed by atoms with van der Waals surface area (Å²) in [6.45, 7) is 1.43. The molecule has 4 aliphatic rings. The van der Waals surface area contributed by atoms with Gasteiger partial charge in [-0.2, -0.15) is 22.7 Å². The lowest BCUT2D eigenvalue weighted by atomic mass is 9.95. The predicted molar refractivity (Wildman–Crippen MR) is 219 cm³/mol. The predicted octanol–water partition coefficient (Wildman–Crippen LogP) is 8.26. The third kappa shape index (κ3) is 7.03. The average Bonchev–Trinajstić information content (AvgIpc) is 3.95. The highest BCUT2D eigenvalue weighted by Gasteiger charge is 2.34. The minimum absolute atomic E-state index is 0.0483. The van der Waals surface area contributed by atoms with E-state index in [9.17, 15) is 9.90 Å². The maximum atomic E-state index is 13.7. The summed E-state index contributed by atoms with van der Waals surface area (Å²) in [6.07, 6.45) is 8.71. The number of amides is 1. The van der Waals surface area contributed by atoms with Gasteiger partial charge in [0.15, 0.2) is 23.0 Å². The van der Waals surface area contributed by atoms with Crippen molar-refractivity contribution in [1.29, 1.82) is 0 Å². The van der Waals surface area contributed by atoms with Crippen LogP contribution in [0.25, 0.3) is 11.1 Å². The van der Waals surface area contributed by atoms with Crippen LogP contribution in [0.3, 0.4) is 0 Å². The zero-order valence-corrected chi connectivity index (χ0v) is 32.5. The van der Waals surface area contributed by atoms with E-state index in [1.165, 1.54) is 22.3 Å². The molecular weight excluding hydrogens is 747 g/mol. The first kappa shape index (κ1) is 36.1. The SMILES string of the molecule is COc1cc2c(cc1OCc1cccc(COc3cc4c(cc3OC)C(O)N3CC=C(c5ccsc5)C[C@H]3C=N4)n1)N=C[C@@H]1CC(c3ccsc3)=CCN1C2=O. The van der Waals surface area contributed by atoms with Crippen molar-refractivity contribution in [2.45, 2.75) is 44.4 Å². The fourth-order valence-corrected chi connectivity index (χ4v) is 8.97. The van der Waals surface area contributed by atoms with E-state index >= 15 is 0 Å². The lowest BCUT2D eigenvalue weighted by Crippen LogP contribution is -2.43. The van der Waals surface area contributed by atoms with Gasteiger partial charge in [0.2, 0.25) is 0 Å². The number of thiophene rings is 2. The van der Waals surface area contributed by atoms with E-state index in [-0.39, 0.29) is 31.2 Å². The number of aliphatic hydroxyl groups is 1. The molecule has 13 heteroatoms. The fraction of sp³-hybridized carbons (Fsp3) is 0.256. The van der Waals surface area contributed by atoms with Crippen molar-refractivity contribution < 1.29 is 28.8 Å². The van der Waals surface area contributed by atoms with Crippen LogP contribution in [0.1, 0.15) is 57.5 Å². The topological polar surface area (TPSA) is 118 Å². The number of nitrogens with zero attached hydrogens (tertiary/aromatic N) is 5. The van der Waals surface area contributed by atoms with Gasteiger partial charge < -0.3 is 29.0 Å². The monoisotopic (exact) mass is 785 g/mol. The molecule has 11 nitrogen and oxygen atoms in total. The van der Waals surface area contributed by atoms with Crippen molar-refractivity contribution in [2.75, 3.05) is 27.3 Å². The van der Waals surface area contributed by atoms with Gasteiger partial charge in [0.1, 0.15) is 19.4 Å². The quantitative estimate of drug-likeness (QED) is 0.151. The molecule has 0 bridgehead atoms. The van der Waals surface area contributed by atoms with Crippen LogP contribution in [0.4, 0.5) is 11.4 Å². The molecule has 3 atom stereocenters. The summed E-state index contributed by atoms with van der Waals surface area (Å²) in [7, 11) is 3.14. The number of pyridine rings is 1. The van der Waals surface area contributed by atoms with Gasteiger partial charge in [-0.05, 0) is 93.0 Å². The molecule has 0 spiro atoms. The lowest BCUT2D eigenvalue weighted by Gasteiger charge is -2.35. The first-order valence-electron chi connectivity index (χ1n) is 18.4. The first-order chi connectivity index (χ1) is 27.4. The van der Waals surface area contributed by atoms with Crippen LogP contribution in [-0.2, 0) is 13.2 Å². The Bertz CT molecular complexity index is 2390. The molecule has 56 heavy (non-hydrogen) atoms. The van der Waals surface area contributed by atoms with E-state index < -0.39 is 6.23 Å². The molecule has 0 aliphatic carbocycles. The third-order valence-electron chi connectivity index (χ3n) is 10.6. The second kappa shape index (κ2) is 15.5. The van der Waals surface area contributed by atoms with Crippen molar-refractivity contribution in [1.82, 2.24) is 14.8 Å². The maximum Gasteiger partial charge on any atom is 0.257 e. The van der Waals surface area contributed by atoms with Crippen LogP contribution in [0.2, 0.25) is 0 Å². The first-order valence-corrected chi connectivity index (χ1v) is 20.2. The van der Waals surface area contributed by atoms with Crippen LogP contribution >= 0.6 is 22.7 Å².